The van der Waals surface area contributed by atoms with E-state index >= 15 is 0 Å². The van der Waals surface area contributed by atoms with E-state index in [1.165, 1.54) is 4.68 Å². The van der Waals surface area contributed by atoms with Crippen LogP contribution in [0.5, 0.6) is 0 Å². The van der Waals surface area contributed by atoms with Gasteiger partial charge in [-0.3, -0.25) is 4.79 Å². The van der Waals surface area contributed by atoms with Gasteiger partial charge in [0.05, 0.1) is 12.3 Å². The van der Waals surface area contributed by atoms with Crippen LogP contribution in [0.2, 0.25) is 0 Å². The van der Waals surface area contributed by atoms with Gasteiger partial charge in [0, 0.05) is 17.8 Å². The van der Waals surface area contributed by atoms with E-state index in [9.17, 15) is 9.59 Å². The lowest BCUT2D eigenvalue weighted by atomic mass is 10.1. The van der Waals surface area contributed by atoms with E-state index < -0.39 is 5.97 Å². The zero-order chi connectivity index (χ0) is 15.7. The number of nitrogens with two attached hydrogens (primary N) is 1. The van der Waals surface area contributed by atoms with E-state index in [-0.39, 0.29) is 18.2 Å². The molecule has 3 rings (SSSR count). The molecule has 0 unspecified atom stereocenters. The molecule has 0 spiro atoms. The number of benzene rings is 1. The number of nitrogen functional groups attached to an aromatic ring is 1. The number of hydrogen-bond acceptors (Lipinski definition) is 5. The molecule has 0 bridgehead atoms. The summed E-state index contributed by atoms with van der Waals surface area (Å²) in [7, 11) is 0. The maximum absolute atomic E-state index is 12.2. The Bertz CT molecular complexity index is 734. The third-order valence-corrected chi connectivity index (χ3v) is 3.47. The second-order valence-corrected chi connectivity index (χ2v) is 4.91. The molecule has 0 saturated heterocycles. The number of nitrogens with one attached hydrogen (secondary N) is 1. The molecule has 1 aromatic carbocycles. The summed E-state index contributed by atoms with van der Waals surface area (Å²) >= 11 is 0. The summed E-state index contributed by atoms with van der Waals surface area (Å²) < 4.78 is 6.50. The number of anilines is 1. The van der Waals surface area contributed by atoms with Crippen LogP contribution in [0.3, 0.4) is 0 Å². The highest BCUT2D eigenvalue weighted by Gasteiger charge is 2.30. The summed E-state index contributed by atoms with van der Waals surface area (Å²) in [5.74, 6) is -0.760. The van der Waals surface area contributed by atoms with Crippen molar-refractivity contribution in [1.29, 1.82) is 0 Å². The van der Waals surface area contributed by atoms with Crippen molar-refractivity contribution in [3.8, 4) is 5.69 Å². The number of hydrogen-bond donors (Lipinski definition) is 2. The quantitative estimate of drug-likeness (QED) is 0.648. The fraction of sp³-hybridized carbons (Fsp3) is 0.267. The molecule has 1 aliphatic heterocycles. The zero-order valence-corrected chi connectivity index (χ0v) is 12.1. The third kappa shape index (κ3) is 2.30. The summed E-state index contributed by atoms with van der Waals surface area (Å²) in [6, 6.07) is 6.93. The SMILES string of the molecule is CCOC(=O)c1nn(-c2ccc(N)cc2)c2c1CCNC2=O. The molecule has 0 fully saturated rings. The Morgan fingerprint density at radius 1 is 1.41 bits per heavy atom. The second-order valence-electron chi connectivity index (χ2n) is 4.91. The molecule has 22 heavy (non-hydrogen) atoms. The molecule has 1 aromatic heterocycles. The van der Waals surface area contributed by atoms with Crippen LogP contribution in [0.15, 0.2) is 24.3 Å². The number of carbonyl (C=O) groups excluding carboxylic acids is 2. The second kappa shape index (κ2) is 5.51. The standard InChI is InChI=1S/C15H16N4O3/c1-2-22-15(21)12-11-7-8-17-14(20)13(11)19(18-12)10-5-3-9(16)4-6-10/h3-6H,2,7-8,16H2,1H3,(H,17,20). The summed E-state index contributed by atoms with van der Waals surface area (Å²) in [4.78, 5) is 24.3. The van der Waals surface area contributed by atoms with Crippen molar-refractivity contribution in [3.05, 3.63) is 41.2 Å². The number of carbonyl (C=O) groups is 2. The molecule has 0 atom stereocenters. The molecule has 7 nitrogen and oxygen atoms in total. The molecule has 0 radical (unpaired) electrons. The molecule has 1 amide bonds. The van der Waals surface area contributed by atoms with Crippen LogP contribution in [0.25, 0.3) is 5.69 Å². The number of nitrogens with zero attached hydrogens (tertiary/aromatic N) is 2. The van der Waals surface area contributed by atoms with Crippen molar-refractivity contribution in [3.63, 3.8) is 0 Å². The van der Waals surface area contributed by atoms with Crippen molar-refractivity contribution in [2.24, 2.45) is 0 Å². The minimum absolute atomic E-state index is 0.198. The van der Waals surface area contributed by atoms with Gasteiger partial charge in [-0.05, 0) is 37.6 Å². The molecule has 2 heterocycles. The summed E-state index contributed by atoms with van der Waals surface area (Å²) in [5, 5.41) is 7.07. The van der Waals surface area contributed by atoms with Gasteiger partial charge in [0.15, 0.2) is 5.69 Å². The predicted octanol–water partition coefficient (Wildman–Crippen LogP) is 0.917. The van der Waals surface area contributed by atoms with Crippen LogP contribution < -0.4 is 11.1 Å². The van der Waals surface area contributed by atoms with E-state index in [4.69, 9.17) is 10.5 Å². The van der Waals surface area contributed by atoms with E-state index in [0.717, 1.165) is 0 Å². The minimum atomic E-state index is -0.511. The number of fused-ring (bicyclic) bond motifs is 1. The van der Waals surface area contributed by atoms with Crippen LogP contribution in [0.4, 0.5) is 5.69 Å². The van der Waals surface area contributed by atoms with Crippen LogP contribution in [0, 0.1) is 0 Å². The fourth-order valence-electron chi connectivity index (χ4n) is 2.47. The van der Waals surface area contributed by atoms with Crippen molar-refractivity contribution < 1.29 is 14.3 Å². The number of rotatable bonds is 3. The van der Waals surface area contributed by atoms with Crippen LogP contribution in [0.1, 0.15) is 33.5 Å². The Morgan fingerprint density at radius 2 is 2.14 bits per heavy atom. The average molecular weight is 300 g/mol. The highest BCUT2D eigenvalue weighted by Crippen LogP contribution is 2.23. The van der Waals surface area contributed by atoms with Crippen molar-refractivity contribution >= 4 is 17.6 Å². The lowest BCUT2D eigenvalue weighted by molar-refractivity contribution is 0.0517. The normalized spacial score (nSPS) is 13.4. The maximum Gasteiger partial charge on any atom is 0.359 e. The summed E-state index contributed by atoms with van der Waals surface area (Å²) in [6.07, 6.45) is 0.546. The Hall–Kier alpha value is -2.83. The highest BCUT2D eigenvalue weighted by atomic mass is 16.5. The van der Waals surface area contributed by atoms with Gasteiger partial charge in [-0.2, -0.15) is 5.10 Å². The largest absolute Gasteiger partial charge is 0.461 e. The van der Waals surface area contributed by atoms with Crippen LogP contribution >= 0.6 is 0 Å². The molecular formula is C15H16N4O3. The molecule has 0 aliphatic carbocycles. The Kier molecular flexibility index (Phi) is 3.54. The van der Waals surface area contributed by atoms with Gasteiger partial charge in [-0.15, -0.1) is 0 Å². The van der Waals surface area contributed by atoms with Crippen molar-refractivity contribution in [2.45, 2.75) is 13.3 Å². The number of esters is 1. The monoisotopic (exact) mass is 300 g/mol. The lowest BCUT2D eigenvalue weighted by Gasteiger charge is -2.14. The van der Waals surface area contributed by atoms with Gasteiger partial charge < -0.3 is 15.8 Å². The smallest absolute Gasteiger partial charge is 0.359 e. The van der Waals surface area contributed by atoms with E-state index in [1.54, 1.807) is 31.2 Å². The average Bonchev–Trinajstić information content (AvgIpc) is 2.89. The maximum atomic E-state index is 12.2. The zero-order valence-electron chi connectivity index (χ0n) is 12.1. The van der Waals surface area contributed by atoms with Gasteiger partial charge in [-0.1, -0.05) is 0 Å². The van der Waals surface area contributed by atoms with E-state index in [1.807, 2.05) is 0 Å². The van der Waals surface area contributed by atoms with E-state index in [0.29, 0.717) is 35.6 Å². The van der Waals surface area contributed by atoms with Crippen molar-refractivity contribution in [1.82, 2.24) is 15.1 Å². The Morgan fingerprint density at radius 3 is 2.82 bits per heavy atom. The topological polar surface area (TPSA) is 99.2 Å². The fourth-order valence-corrected chi connectivity index (χ4v) is 2.47. The first-order chi connectivity index (χ1) is 10.6. The molecule has 0 saturated carbocycles. The lowest BCUT2D eigenvalue weighted by Crippen LogP contribution is -2.33. The van der Waals surface area contributed by atoms with Gasteiger partial charge in [0.25, 0.3) is 5.91 Å². The number of aromatic nitrogens is 2. The molecule has 3 N–H and O–H groups in total. The number of amides is 1. The van der Waals surface area contributed by atoms with Gasteiger partial charge in [0.2, 0.25) is 0 Å². The van der Waals surface area contributed by atoms with Crippen LogP contribution in [-0.2, 0) is 11.2 Å². The van der Waals surface area contributed by atoms with Crippen LogP contribution in [-0.4, -0.2) is 34.8 Å². The van der Waals surface area contributed by atoms with E-state index in [2.05, 4.69) is 10.4 Å². The van der Waals surface area contributed by atoms with Gasteiger partial charge >= 0.3 is 5.97 Å². The third-order valence-electron chi connectivity index (χ3n) is 3.47. The first-order valence-corrected chi connectivity index (χ1v) is 7.05. The Balaban J connectivity index is 2.15. The predicted molar refractivity (Wildman–Crippen MR) is 80.0 cm³/mol. The molecule has 114 valence electrons. The van der Waals surface area contributed by atoms with Crippen molar-refractivity contribution in [2.75, 3.05) is 18.9 Å². The Labute approximate surface area is 127 Å². The summed E-state index contributed by atoms with van der Waals surface area (Å²) in [6.45, 7) is 2.47. The first-order valence-electron chi connectivity index (χ1n) is 7.05. The number of ether oxygens (including phenoxy) is 1. The first kappa shape index (κ1) is 14.1. The van der Waals surface area contributed by atoms with Gasteiger partial charge in [0.1, 0.15) is 5.69 Å². The molecular weight excluding hydrogens is 284 g/mol. The van der Waals surface area contributed by atoms with Gasteiger partial charge in [-0.25, -0.2) is 9.48 Å². The minimum Gasteiger partial charge on any atom is -0.461 e. The molecule has 2 aromatic rings. The molecule has 1 aliphatic rings. The molecule has 7 heteroatoms. The highest BCUT2D eigenvalue weighted by molar-refractivity contribution is 6.00. The summed E-state index contributed by atoms with van der Waals surface area (Å²) in [5.41, 5.74) is 8.15.